The summed E-state index contributed by atoms with van der Waals surface area (Å²) < 4.78 is 11.2. The van der Waals surface area contributed by atoms with E-state index in [1.165, 1.54) is 0 Å². The van der Waals surface area contributed by atoms with E-state index in [0.717, 1.165) is 36.6 Å². The first kappa shape index (κ1) is 24.4. The number of hydrogen-bond donors (Lipinski definition) is 2. The van der Waals surface area contributed by atoms with E-state index >= 15 is 0 Å². The summed E-state index contributed by atoms with van der Waals surface area (Å²) in [4.78, 5) is 36.1. The average Bonchev–Trinajstić information content (AvgIpc) is 2.72. The fourth-order valence-electron chi connectivity index (χ4n) is 3.56. The molecule has 1 amide bonds. The fourth-order valence-corrected chi connectivity index (χ4v) is 3.56. The second-order valence-corrected chi connectivity index (χ2v) is 7.91. The fraction of sp³-hybridized carbons (Fsp3) is 0.542. The van der Waals surface area contributed by atoms with Crippen LogP contribution >= 0.6 is 0 Å². The molecule has 2 aromatic rings. The number of amides is 1. The molecule has 0 aliphatic rings. The number of aryl methyl sites for hydroxylation is 1. The molecule has 2 unspecified atom stereocenters. The first-order valence-corrected chi connectivity index (χ1v) is 11.0. The highest BCUT2D eigenvalue weighted by Crippen LogP contribution is 2.25. The molecule has 0 radical (unpaired) electrons. The first-order valence-electron chi connectivity index (χ1n) is 11.0. The minimum Gasteiger partial charge on any atom is -0.481 e. The van der Waals surface area contributed by atoms with Crippen molar-refractivity contribution in [2.75, 3.05) is 0 Å². The maximum absolute atomic E-state index is 12.5. The van der Waals surface area contributed by atoms with Crippen molar-refractivity contribution in [2.45, 2.75) is 84.8 Å². The molecule has 0 saturated heterocycles. The molecule has 0 fully saturated rings. The molecule has 2 atom stereocenters. The minimum absolute atomic E-state index is 0.340. The van der Waals surface area contributed by atoms with Crippen molar-refractivity contribution in [3.05, 3.63) is 39.7 Å². The molecule has 7 heteroatoms. The molecule has 31 heavy (non-hydrogen) atoms. The first-order chi connectivity index (χ1) is 14.8. The van der Waals surface area contributed by atoms with Gasteiger partial charge in [-0.15, -0.1) is 0 Å². The van der Waals surface area contributed by atoms with Gasteiger partial charge in [0.05, 0.1) is 0 Å². The molecule has 0 aliphatic heterocycles. The van der Waals surface area contributed by atoms with Gasteiger partial charge in [-0.3, -0.25) is 4.79 Å². The summed E-state index contributed by atoms with van der Waals surface area (Å²) in [5, 5.41) is 12.5. The smallest absolute Gasteiger partial charge is 0.339 e. The van der Waals surface area contributed by atoms with Gasteiger partial charge in [-0.25, -0.2) is 9.59 Å². The van der Waals surface area contributed by atoms with Crippen LogP contribution in [0.25, 0.3) is 11.0 Å². The molecule has 0 bridgehead atoms. The second kappa shape index (κ2) is 11.5. The summed E-state index contributed by atoms with van der Waals surface area (Å²) in [7, 11) is 0. The molecule has 0 saturated carbocycles. The summed E-state index contributed by atoms with van der Waals surface area (Å²) >= 11 is 0. The van der Waals surface area contributed by atoms with Crippen LogP contribution < -0.4 is 15.7 Å². The zero-order valence-corrected chi connectivity index (χ0v) is 18.8. The number of rotatable bonds is 12. The van der Waals surface area contributed by atoms with E-state index in [0.29, 0.717) is 36.2 Å². The molecule has 2 N–H and O–H groups in total. The normalized spacial score (nSPS) is 13.0. The van der Waals surface area contributed by atoms with Crippen LogP contribution in [0.3, 0.4) is 0 Å². The summed E-state index contributed by atoms with van der Waals surface area (Å²) in [6.07, 6.45) is 5.10. The molecule has 0 aliphatic carbocycles. The van der Waals surface area contributed by atoms with Gasteiger partial charge in [-0.2, -0.15) is 0 Å². The Morgan fingerprint density at radius 2 is 1.90 bits per heavy atom. The molecule has 1 aromatic heterocycles. The van der Waals surface area contributed by atoms with Gasteiger partial charge in [0.2, 0.25) is 0 Å². The summed E-state index contributed by atoms with van der Waals surface area (Å²) in [6.45, 7) is 7.47. The van der Waals surface area contributed by atoms with Crippen molar-refractivity contribution in [1.29, 1.82) is 0 Å². The van der Waals surface area contributed by atoms with E-state index in [1.54, 1.807) is 19.1 Å². The molecular weight excluding hydrogens is 398 g/mol. The Morgan fingerprint density at radius 1 is 1.16 bits per heavy atom. The van der Waals surface area contributed by atoms with Crippen LogP contribution in [-0.4, -0.2) is 29.1 Å². The van der Waals surface area contributed by atoms with Crippen LogP contribution in [0.5, 0.6) is 5.75 Å². The highest BCUT2D eigenvalue weighted by molar-refractivity contribution is 5.86. The van der Waals surface area contributed by atoms with Gasteiger partial charge in [-0.05, 0) is 50.8 Å². The molecular formula is C24H33NO6. The van der Waals surface area contributed by atoms with E-state index in [9.17, 15) is 19.5 Å². The monoisotopic (exact) mass is 431 g/mol. The Balaban J connectivity index is 2.14. The maximum Gasteiger partial charge on any atom is 0.339 e. The number of fused-ring (bicyclic) bond motifs is 1. The van der Waals surface area contributed by atoms with Crippen LogP contribution in [0.2, 0.25) is 0 Å². The molecule has 7 nitrogen and oxygen atoms in total. The SMILES string of the molecule is CCCCCCc1c(C)c2ccc(OC(C)C(=O)NC(CCC)C(=O)O)cc2oc1=O. The standard InChI is InChI=1S/C24H33NO6/c1-5-7-8-9-11-19-15(3)18-13-12-17(14-21(18)31-24(19)29)30-16(4)22(26)25-20(10-6-2)23(27)28/h12-14,16,20H,5-11H2,1-4H3,(H,25,26)(H,27,28). The van der Waals surface area contributed by atoms with Gasteiger partial charge in [-0.1, -0.05) is 39.5 Å². The Bertz CT molecular complexity index is 964. The number of carboxylic acids is 1. The number of ether oxygens (including phenoxy) is 1. The number of carbonyl (C=O) groups excluding carboxylic acids is 1. The molecule has 1 heterocycles. The van der Waals surface area contributed by atoms with Gasteiger partial charge in [0.25, 0.3) is 5.91 Å². The predicted molar refractivity (Wildman–Crippen MR) is 120 cm³/mol. The van der Waals surface area contributed by atoms with Gasteiger partial charge >= 0.3 is 11.6 Å². The summed E-state index contributed by atoms with van der Waals surface area (Å²) in [6, 6.07) is 4.19. The number of aliphatic carboxylic acids is 1. The lowest BCUT2D eigenvalue weighted by Gasteiger charge is -2.18. The van der Waals surface area contributed by atoms with Crippen molar-refractivity contribution < 1.29 is 23.8 Å². The lowest BCUT2D eigenvalue weighted by Crippen LogP contribution is -2.46. The highest BCUT2D eigenvalue weighted by Gasteiger charge is 2.23. The van der Waals surface area contributed by atoms with E-state index < -0.39 is 24.0 Å². The zero-order valence-electron chi connectivity index (χ0n) is 18.8. The van der Waals surface area contributed by atoms with Crippen molar-refractivity contribution in [2.24, 2.45) is 0 Å². The third-order valence-corrected chi connectivity index (χ3v) is 5.41. The minimum atomic E-state index is -1.07. The number of unbranched alkanes of at least 4 members (excludes halogenated alkanes) is 3. The van der Waals surface area contributed by atoms with Gasteiger partial charge in [0.1, 0.15) is 17.4 Å². The van der Waals surface area contributed by atoms with Crippen LogP contribution in [0.15, 0.2) is 27.4 Å². The largest absolute Gasteiger partial charge is 0.481 e. The van der Waals surface area contributed by atoms with Crippen LogP contribution in [-0.2, 0) is 16.0 Å². The maximum atomic E-state index is 12.5. The Kier molecular flexibility index (Phi) is 9.09. The number of benzene rings is 1. The zero-order chi connectivity index (χ0) is 23.0. The number of hydrogen-bond acceptors (Lipinski definition) is 5. The van der Waals surface area contributed by atoms with Crippen LogP contribution in [0.4, 0.5) is 0 Å². The van der Waals surface area contributed by atoms with E-state index in [4.69, 9.17) is 9.15 Å². The van der Waals surface area contributed by atoms with Gasteiger partial charge in [0, 0.05) is 17.0 Å². The Hall–Kier alpha value is -2.83. The van der Waals surface area contributed by atoms with E-state index in [2.05, 4.69) is 12.2 Å². The van der Waals surface area contributed by atoms with Gasteiger partial charge < -0.3 is 19.6 Å². The van der Waals surface area contributed by atoms with Crippen molar-refractivity contribution in [3.8, 4) is 5.75 Å². The van der Waals surface area contributed by atoms with Crippen molar-refractivity contribution >= 4 is 22.8 Å². The summed E-state index contributed by atoms with van der Waals surface area (Å²) in [5.41, 5.74) is 1.68. The van der Waals surface area contributed by atoms with Gasteiger partial charge in [0.15, 0.2) is 6.10 Å². The molecule has 1 aromatic carbocycles. The number of nitrogens with one attached hydrogen (secondary N) is 1. The highest BCUT2D eigenvalue weighted by atomic mass is 16.5. The lowest BCUT2D eigenvalue weighted by atomic mass is 10.0. The summed E-state index contributed by atoms with van der Waals surface area (Å²) in [5.74, 6) is -1.22. The average molecular weight is 432 g/mol. The van der Waals surface area contributed by atoms with Crippen molar-refractivity contribution in [1.82, 2.24) is 5.32 Å². The third-order valence-electron chi connectivity index (χ3n) is 5.41. The lowest BCUT2D eigenvalue weighted by molar-refractivity contribution is -0.143. The van der Waals surface area contributed by atoms with Crippen LogP contribution in [0.1, 0.15) is 70.4 Å². The Morgan fingerprint density at radius 3 is 2.55 bits per heavy atom. The molecule has 2 rings (SSSR count). The predicted octanol–water partition coefficient (Wildman–Crippen LogP) is 4.36. The quantitative estimate of drug-likeness (QED) is 0.382. The topological polar surface area (TPSA) is 106 Å². The number of carbonyl (C=O) groups is 2. The Labute approximate surface area is 182 Å². The molecule has 170 valence electrons. The molecule has 0 spiro atoms. The van der Waals surface area contributed by atoms with Crippen molar-refractivity contribution in [3.63, 3.8) is 0 Å². The van der Waals surface area contributed by atoms with E-state index in [-0.39, 0.29) is 5.63 Å². The van der Waals surface area contributed by atoms with E-state index in [1.807, 2.05) is 19.9 Å². The third kappa shape index (κ3) is 6.57. The van der Waals surface area contributed by atoms with Crippen LogP contribution in [0, 0.1) is 6.92 Å². The number of carboxylic acid groups (broad SMARTS) is 1. The second-order valence-electron chi connectivity index (χ2n) is 7.91.